The summed E-state index contributed by atoms with van der Waals surface area (Å²) in [6.07, 6.45) is 0. The van der Waals surface area contributed by atoms with Gasteiger partial charge in [-0.1, -0.05) is 18.3 Å². The fourth-order valence-electron chi connectivity index (χ4n) is 1.74. The van der Waals surface area contributed by atoms with E-state index in [9.17, 15) is 4.79 Å². The van der Waals surface area contributed by atoms with Crippen LogP contribution < -0.4 is 11.1 Å². The Hall–Kier alpha value is -1.66. The highest BCUT2D eigenvalue weighted by atomic mass is 32.1. The maximum atomic E-state index is 11.9. The number of hydrogen-bond donors (Lipinski definition) is 2. The minimum atomic E-state index is 0.00608. The van der Waals surface area contributed by atoms with Crippen molar-refractivity contribution < 1.29 is 4.79 Å². The first-order valence-corrected chi connectivity index (χ1v) is 7.39. The number of hydrogen-bond acceptors (Lipinski definition) is 5. The molecule has 0 fully saturated rings. The Labute approximate surface area is 122 Å². The number of anilines is 1. The highest BCUT2D eigenvalue weighted by molar-refractivity contribution is 7.22. The normalized spacial score (nSPS) is 12.4. The Bertz CT molecular complexity index is 608. The van der Waals surface area contributed by atoms with E-state index in [1.54, 1.807) is 30.3 Å². The van der Waals surface area contributed by atoms with E-state index in [0.717, 1.165) is 21.9 Å². The number of nitrogens with zero attached hydrogens (tertiary/aromatic N) is 2. The summed E-state index contributed by atoms with van der Waals surface area (Å²) in [6, 6.07) is 5.60. The fraction of sp³-hybridized carbons (Fsp3) is 0.429. The predicted molar refractivity (Wildman–Crippen MR) is 84.3 cm³/mol. The van der Waals surface area contributed by atoms with Crippen LogP contribution in [0.1, 0.15) is 17.3 Å². The Morgan fingerprint density at radius 3 is 2.90 bits per heavy atom. The summed E-state index contributed by atoms with van der Waals surface area (Å²) in [5.41, 5.74) is 7.19. The Balaban J connectivity index is 2.19. The topological polar surface area (TPSA) is 71.2 Å². The molecule has 0 saturated heterocycles. The molecule has 20 heavy (non-hydrogen) atoms. The number of benzene rings is 1. The van der Waals surface area contributed by atoms with Crippen molar-refractivity contribution >= 4 is 32.6 Å². The van der Waals surface area contributed by atoms with E-state index < -0.39 is 0 Å². The lowest BCUT2D eigenvalue weighted by molar-refractivity contribution is 0.0828. The van der Waals surface area contributed by atoms with Gasteiger partial charge in [0.2, 0.25) is 0 Å². The van der Waals surface area contributed by atoms with Gasteiger partial charge >= 0.3 is 0 Å². The summed E-state index contributed by atoms with van der Waals surface area (Å²) in [4.78, 5) is 18.0. The second kappa shape index (κ2) is 6.19. The number of fused-ring (bicyclic) bond motifs is 1. The number of thiazole rings is 1. The van der Waals surface area contributed by atoms with Gasteiger partial charge in [-0.3, -0.25) is 4.79 Å². The van der Waals surface area contributed by atoms with E-state index in [2.05, 4.69) is 17.2 Å². The van der Waals surface area contributed by atoms with Gasteiger partial charge in [0.1, 0.15) is 0 Å². The lowest BCUT2D eigenvalue weighted by atomic mass is 10.2. The maximum Gasteiger partial charge on any atom is 0.253 e. The smallest absolute Gasteiger partial charge is 0.253 e. The number of nitrogens with two attached hydrogens (primary N) is 1. The number of aromatic nitrogens is 1. The van der Waals surface area contributed by atoms with Crippen LogP contribution in [0.25, 0.3) is 10.2 Å². The van der Waals surface area contributed by atoms with Crippen LogP contribution in [0.2, 0.25) is 0 Å². The standard InChI is InChI=1S/C14H20N4OS/c1-9(7-15)8-16-14-17-11-5-4-10(6-12(11)20-14)13(19)18(2)3/h4-6,9H,7-8,15H2,1-3H3,(H,16,17)/t9-/m0/s1. The van der Waals surface area contributed by atoms with Gasteiger partial charge in [0.15, 0.2) is 5.13 Å². The molecule has 0 aliphatic heterocycles. The number of carbonyl (C=O) groups is 1. The molecule has 0 aliphatic rings. The first-order valence-electron chi connectivity index (χ1n) is 6.57. The van der Waals surface area contributed by atoms with Crippen LogP contribution in [0.4, 0.5) is 5.13 Å². The largest absolute Gasteiger partial charge is 0.361 e. The molecule has 0 saturated carbocycles. The zero-order valence-electron chi connectivity index (χ0n) is 12.0. The molecule has 0 radical (unpaired) electrons. The van der Waals surface area contributed by atoms with Gasteiger partial charge in [0.05, 0.1) is 10.2 Å². The molecule has 1 aromatic heterocycles. The maximum absolute atomic E-state index is 11.9. The molecule has 0 bridgehead atoms. The summed E-state index contributed by atoms with van der Waals surface area (Å²) in [5, 5.41) is 4.16. The van der Waals surface area contributed by atoms with Gasteiger partial charge in [-0.25, -0.2) is 4.98 Å². The summed E-state index contributed by atoms with van der Waals surface area (Å²) in [5.74, 6) is 0.416. The molecule has 5 nitrogen and oxygen atoms in total. The number of carbonyl (C=O) groups excluding carboxylic acids is 1. The number of amides is 1. The van der Waals surface area contributed by atoms with E-state index >= 15 is 0 Å². The van der Waals surface area contributed by atoms with Gasteiger partial charge in [0, 0.05) is 26.2 Å². The van der Waals surface area contributed by atoms with Gasteiger partial charge in [-0.05, 0) is 30.7 Å². The van der Waals surface area contributed by atoms with E-state index in [0.29, 0.717) is 18.0 Å². The van der Waals surface area contributed by atoms with Crippen molar-refractivity contribution in [2.75, 3.05) is 32.5 Å². The first-order chi connectivity index (χ1) is 9.51. The van der Waals surface area contributed by atoms with Crippen LogP contribution in [0.15, 0.2) is 18.2 Å². The number of nitrogens with one attached hydrogen (secondary N) is 1. The molecule has 0 spiro atoms. The van der Waals surface area contributed by atoms with Crippen molar-refractivity contribution in [3.05, 3.63) is 23.8 Å². The fourth-order valence-corrected chi connectivity index (χ4v) is 2.65. The van der Waals surface area contributed by atoms with E-state index in [1.165, 1.54) is 0 Å². The zero-order chi connectivity index (χ0) is 14.7. The summed E-state index contributed by atoms with van der Waals surface area (Å²) >= 11 is 1.56. The van der Waals surface area contributed by atoms with E-state index in [4.69, 9.17) is 5.73 Å². The van der Waals surface area contributed by atoms with Crippen molar-refractivity contribution in [2.24, 2.45) is 11.7 Å². The Morgan fingerprint density at radius 1 is 1.50 bits per heavy atom. The third kappa shape index (κ3) is 3.26. The van der Waals surface area contributed by atoms with Gasteiger partial charge in [-0.2, -0.15) is 0 Å². The molecule has 0 unspecified atom stereocenters. The van der Waals surface area contributed by atoms with Crippen molar-refractivity contribution in [1.82, 2.24) is 9.88 Å². The quantitative estimate of drug-likeness (QED) is 0.884. The third-order valence-electron chi connectivity index (χ3n) is 3.05. The van der Waals surface area contributed by atoms with Crippen LogP contribution in [-0.2, 0) is 0 Å². The van der Waals surface area contributed by atoms with E-state index in [-0.39, 0.29) is 5.91 Å². The minimum Gasteiger partial charge on any atom is -0.361 e. The molecule has 108 valence electrons. The molecule has 2 aromatic rings. The molecular formula is C14H20N4OS. The Kier molecular flexibility index (Phi) is 4.57. The lowest BCUT2D eigenvalue weighted by Gasteiger charge is -2.09. The Morgan fingerprint density at radius 2 is 2.25 bits per heavy atom. The second-order valence-electron chi connectivity index (χ2n) is 5.12. The monoisotopic (exact) mass is 292 g/mol. The highest BCUT2D eigenvalue weighted by Crippen LogP contribution is 2.27. The van der Waals surface area contributed by atoms with Crippen LogP contribution in [-0.4, -0.2) is 43.0 Å². The summed E-state index contributed by atoms with van der Waals surface area (Å²) in [6.45, 7) is 3.55. The summed E-state index contributed by atoms with van der Waals surface area (Å²) in [7, 11) is 3.50. The SMILES string of the molecule is C[C@@H](CN)CNc1nc2ccc(C(=O)N(C)C)cc2s1. The van der Waals surface area contributed by atoms with Crippen molar-refractivity contribution in [3.63, 3.8) is 0 Å². The molecule has 1 heterocycles. The second-order valence-corrected chi connectivity index (χ2v) is 6.15. The minimum absolute atomic E-state index is 0.00608. The predicted octanol–water partition coefficient (Wildman–Crippen LogP) is 2.00. The van der Waals surface area contributed by atoms with Crippen LogP contribution in [0.3, 0.4) is 0 Å². The molecule has 6 heteroatoms. The average molecular weight is 292 g/mol. The first kappa shape index (κ1) is 14.7. The van der Waals surface area contributed by atoms with Gasteiger partial charge in [0.25, 0.3) is 5.91 Å². The summed E-state index contributed by atoms with van der Waals surface area (Å²) < 4.78 is 1.01. The molecule has 3 N–H and O–H groups in total. The average Bonchev–Trinajstić information content (AvgIpc) is 2.85. The van der Waals surface area contributed by atoms with Crippen LogP contribution >= 0.6 is 11.3 Å². The molecule has 1 amide bonds. The lowest BCUT2D eigenvalue weighted by Crippen LogP contribution is -2.21. The molecule has 0 aliphatic carbocycles. The van der Waals surface area contributed by atoms with Gasteiger partial charge in [-0.15, -0.1) is 0 Å². The third-order valence-corrected chi connectivity index (χ3v) is 4.02. The molecule has 1 atom stereocenters. The van der Waals surface area contributed by atoms with Crippen molar-refractivity contribution in [3.8, 4) is 0 Å². The van der Waals surface area contributed by atoms with Crippen LogP contribution in [0.5, 0.6) is 0 Å². The molecule has 1 aromatic carbocycles. The number of rotatable bonds is 5. The zero-order valence-corrected chi connectivity index (χ0v) is 12.8. The van der Waals surface area contributed by atoms with Crippen molar-refractivity contribution in [1.29, 1.82) is 0 Å². The van der Waals surface area contributed by atoms with Crippen LogP contribution in [0, 0.1) is 5.92 Å². The van der Waals surface area contributed by atoms with Gasteiger partial charge < -0.3 is 16.0 Å². The van der Waals surface area contributed by atoms with Crippen molar-refractivity contribution in [2.45, 2.75) is 6.92 Å². The molecule has 2 rings (SSSR count). The highest BCUT2D eigenvalue weighted by Gasteiger charge is 2.11. The van der Waals surface area contributed by atoms with E-state index in [1.807, 2.05) is 18.2 Å². The molecular weight excluding hydrogens is 272 g/mol.